The van der Waals surface area contributed by atoms with Crippen molar-refractivity contribution in [3.63, 3.8) is 0 Å². The largest absolute Gasteiger partial charge is 0.287 e. The van der Waals surface area contributed by atoms with E-state index in [1.807, 2.05) is 0 Å². The summed E-state index contributed by atoms with van der Waals surface area (Å²) in [6.45, 7) is 0. The highest BCUT2D eigenvalue weighted by atomic mass is 79.9. The summed E-state index contributed by atoms with van der Waals surface area (Å²) in [5.74, 6) is 0. The first-order valence-corrected chi connectivity index (χ1v) is 4.22. The van der Waals surface area contributed by atoms with Crippen LogP contribution in [0.2, 0.25) is 0 Å². The monoisotopic (exact) mass is 292 g/mol. The molecule has 0 rings (SSSR count). The molecule has 0 unspecified atom stereocenters. The summed E-state index contributed by atoms with van der Waals surface area (Å²) in [4.78, 5) is 10.1. The van der Waals surface area contributed by atoms with Gasteiger partial charge < -0.3 is 0 Å². The summed E-state index contributed by atoms with van der Waals surface area (Å²) in [5, 5.41) is 0. The van der Waals surface area contributed by atoms with E-state index in [4.69, 9.17) is 0 Å². The van der Waals surface area contributed by atoms with E-state index in [9.17, 15) is 4.79 Å². The Morgan fingerprint density at radius 3 is 2.00 bits per heavy atom. The molecule has 0 amide bonds. The predicted octanol–water partition coefficient (Wildman–Crippen LogP) is 2.41. The third kappa shape index (κ3) is 7.11. The summed E-state index contributed by atoms with van der Waals surface area (Å²) >= 11 is 9.06. The van der Waals surface area contributed by atoms with Gasteiger partial charge in [0.15, 0.2) is 4.69 Å². The van der Waals surface area contributed by atoms with E-state index in [2.05, 4.69) is 47.8 Å². The van der Waals surface area contributed by atoms with Crippen molar-refractivity contribution in [3.8, 4) is 0 Å². The maximum Gasteiger partial charge on any atom is 0.199 e. The van der Waals surface area contributed by atoms with Gasteiger partial charge in [0.1, 0.15) is 0 Å². The van der Waals surface area contributed by atoms with Crippen LogP contribution in [0.3, 0.4) is 0 Å². The molecule has 0 aliphatic heterocycles. The highest BCUT2D eigenvalue weighted by Crippen LogP contribution is 2.13. The van der Waals surface area contributed by atoms with Gasteiger partial charge in [0, 0.05) is 6.42 Å². The second-order valence-electron chi connectivity index (χ2n) is 0.950. The quantitative estimate of drug-likeness (QED) is 0.565. The Labute approximate surface area is 67.2 Å². The minimum absolute atomic E-state index is 0.00579. The molecule has 0 aromatic rings. The standard InChI is InChI=1S/C3H3Br3O/c4-2(5)1-3(6)7/h2H,1H2. The molecule has 0 saturated heterocycles. The Hall–Kier alpha value is 1.11. The SMILES string of the molecule is O=C(Br)CC(Br)Br. The summed E-state index contributed by atoms with van der Waals surface area (Å²) in [5.41, 5.74) is 0. The van der Waals surface area contributed by atoms with Gasteiger partial charge in [0.05, 0.1) is 3.74 Å². The minimum atomic E-state index is 0.00579. The van der Waals surface area contributed by atoms with Crippen molar-refractivity contribution in [2.45, 2.75) is 10.2 Å². The molecule has 0 aromatic carbocycles. The lowest BCUT2D eigenvalue weighted by Crippen LogP contribution is -1.90. The van der Waals surface area contributed by atoms with E-state index in [1.165, 1.54) is 0 Å². The number of halogens is 3. The number of hydrogen-bond donors (Lipinski definition) is 0. The van der Waals surface area contributed by atoms with E-state index in [0.29, 0.717) is 6.42 Å². The van der Waals surface area contributed by atoms with Crippen LogP contribution < -0.4 is 0 Å². The number of hydrogen-bond acceptors (Lipinski definition) is 1. The smallest absolute Gasteiger partial charge is 0.199 e. The lowest BCUT2D eigenvalue weighted by molar-refractivity contribution is -0.110. The number of alkyl halides is 2. The van der Waals surface area contributed by atoms with E-state index in [0.717, 1.165) is 0 Å². The van der Waals surface area contributed by atoms with Crippen LogP contribution in [0.4, 0.5) is 0 Å². The highest BCUT2D eigenvalue weighted by molar-refractivity contribution is 9.24. The molecule has 42 valence electrons. The summed E-state index contributed by atoms with van der Waals surface area (Å²) in [6, 6.07) is 0. The fourth-order valence-corrected chi connectivity index (χ4v) is 1.90. The van der Waals surface area contributed by atoms with Crippen molar-refractivity contribution in [3.05, 3.63) is 0 Å². The maximum absolute atomic E-state index is 10.1. The van der Waals surface area contributed by atoms with Crippen molar-refractivity contribution in [1.82, 2.24) is 0 Å². The third-order valence-electron chi connectivity index (χ3n) is 0.315. The Kier molecular flexibility index (Phi) is 4.68. The first-order valence-electron chi connectivity index (χ1n) is 1.59. The lowest BCUT2D eigenvalue weighted by Gasteiger charge is -1.90. The number of carbonyl (C=O) groups excluding carboxylic acids is 1. The van der Waals surface area contributed by atoms with Crippen molar-refractivity contribution in [1.29, 1.82) is 0 Å². The van der Waals surface area contributed by atoms with Crippen molar-refractivity contribution < 1.29 is 4.79 Å². The van der Waals surface area contributed by atoms with Gasteiger partial charge >= 0.3 is 0 Å². The zero-order chi connectivity index (χ0) is 5.86. The molecule has 0 radical (unpaired) electrons. The summed E-state index contributed by atoms with van der Waals surface area (Å²) in [6.07, 6.45) is 0.472. The van der Waals surface area contributed by atoms with Crippen LogP contribution in [0, 0.1) is 0 Å². The fraction of sp³-hybridized carbons (Fsp3) is 0.667. The van der Waals surface area contributed by atoms with E-state index in [-0.39, 0.29) is 8.43 Å². The molecule has 0 fully saturated rings. The Balaban J connectivity index is 3.13. The summed E-state index contributed by atoms with van der Waals surface area (Å²) < 4.78 is 0.109. The zero-order valence-corrected chi connectivity index (χ0v) is 8.08. The molecule has 0 N–H and O–H groups in total. The van der Waals surface area contributed by atoms with E-state index in [1.54, 1.807) is 0 Å². The van der Waals surface area contributed by atoms with Crippen LogP contribution in [0.15, 0.2) is 0 Å². The zero-order valence-electron chi connectivity index (χ0n) is 3.33. The molecular formula is C3H3Br3O. The molecule has 0 atom stereocenters. The molecule has 7 heavy (non-hydrogen) atoms. The maximum atomic E-state index is 10.1. The fourth-order valence-electron chi connectivity index (χ4n) is 0.121. The van der Waals surface area contributed by atoms with Gasteiger partial charge in [-0.2, -0.15) is 0 Å². The molecule has 0 spiro atoms. The summed E-state index contributed by atoms with van der Waals surface area (Å²) in [7, 11) is 0. The first-order chi connectivity index (χ1) is 3.13. The van der Waals surface area contributed by atoms with Crippen LogP contribution in [0.5, 0.6) is 0 Å². The Morgan fingerprint density at radius 2 is 2.00 bits per heavy atom. The first kappa shape index (κ1) is 8.11. The number of carbonyl (C=O) groups is 1. The molecule has 0 aromatic heterocycles. The van der Waals surface area contributed by atoms with Gasteiger partial charge in [-0.3, -0.25) is 4.79 Å². The molecule has 0 bridgehead atoms. The topological polar surface area (TPSA) is 17.1 Å². The van der Waals surface area contributed by atoms with Gasteiger partial charge in [0.25, 0.3) is 0 Å². The second-order valence-corrected chi connectivity index (χ2v) is 5.27. The molecule has 0 aliphatic rings. The third-order valence-corrected chi connectivity index (χ3v) is 1.29. The van der Waals surface area contributed by atoms with Crippen LogP contribution >= 0.6 is 47.8 Å². The van der Waals surface area contributed by atoms with E-state index < -0.39 is 0 Å². The molecule has 0 aliphatic carbocycles. The average molecular weight is 295 g/mol. The Bertz CT molecular complexity index is 70.6. The lowest BCUT2D eigenvalue weighted by atomic mass is 10.6. The molecule has 0 saturated carbocycles. The van der Waals surface area contributed by atoms with Gasteiger partial charge in [0.2, 0.25) is 0 Å². The van der Waals surface area contributed by atoms with Gasteiger partial charge in [-0.1, -0.05) is 31.9 Å². The van der Waals surface area contributed by atoms with Crippen molar-refractivity contribution in [2.24, 2.45) is 0 Å². The van der Waals surface area contributed by atoms with Crippen molar-refractivity contribution in [2.75, 3.05) is 0 Å². The van der Waals surface area contributed by atoms with Gasteiger partial charge in [-0.05, 0) is 15.9 Å². The minimum Gasteiger partial charge on any atom is -0.287 e. The molecule has 0 heterocycles. The highest BCUT2D eigenvalue weighted by Gasteiger charge is 2.00. The molecule has 4 heteroatoms. The van der Waals surface area contributed by atoms with Crippen LogP contribution in [-0.2, 0) is 4.79 Å². The van der Waals surface area contributed by atoms with Crippen LogP contribution in [0.1, 0.15) is 6.42 Å². The average Bonchev–Trinajstić information content (AvgIpc) is 1.27. The van der Waals surface area contributed by atoms with Crippen LogP contribution in [0.25, 0.3) is 0 Å². The normalized spacial score (nSPS) is 9.71. The van der Waals surface area contributed by atoms with Crippen molar-refractivity contribution >= 4 is 52.5 Å². The second kappa shape index (κ2) is 4.04. The molecule has 1 nitrogen and oxygen atoms in total. The Morgan fingerprint density at radius 1 is 1.57 bits per heavy atom. The molecular weight excluding hydrogens is 292 g/mol. The number of rotatable bonds is 2. The predicted molar refractivity (Wildman–Crippen MR) is 40.2 cm³/mol. The van der Waals surface area contributed by atoms with Gasteiger partial charge in [-0.15, -0.1) is 0 Å². The van der Waals surface area contributed by atoms with Crippen LogP contribution in [-0.4, -0.2) is 8.43 Å². The van der Waals surface area contributed by atoms with Gasteiger partial charge in [-0.25, -0.2) is 0 Å². The van der Waals surface area contributed by atoms with E-state index >= 15 is 0 Å².